The van der Waals surface area contributed by atoms with E-state index in [2.05, 4.69) is 5.32 Å². The third-order valence-corrected chi connectivity index (χ3v) is 3.66. The summed E-state index contributed by atoms with van der Waals surface area (Å²) >= 11 is 12.0. The second-order valence-electron chi connectivity index (χ2n) is 4.57. The number of hydrogen-bond donors (Lipinski definition) is 1. The zero-order chi connectivity index (χ0) is 14.8. The predicted molar refractivity (Wildman–Crippen MR) is 85.0 cm³/mol. The Balaban J connectivity index is 1.84. The molecule has 1 N–H and O–H groups in total. The first kappa shape index (κ1) is 14.0. The van der Waals surface area contributed by atoms with Crippen LogP contribution in [0, 0.1) is 0 Å². The van der Waals surface area contributed by atoms with Gasteiger partial charge in [-0.05, 0) is 36.4 Å². The molecule has 5 heteroatoms. The fraction of sp³-hybridized carbons (Fsp3) is 0.0625. The number of para-hydroxylation sites is 1. The average Bonchev–Trinajstić information content (AvgIpc) is 2.48. The minimum Gasteiger partial charge on any atom is -0.488 e. The van der Waals surface area contributed by atoms with Gasteiger partial charge in [-0.2, -0.15) is 0 Å². The van der Waals surface area contributed by atoms with Crippen LogP contribution < -0.4 is 10.1 Å². The molecule has 0 radical (unpaired) electrons. The van der Waals surface area contributed by atoms with Crippen LogP contribution in [0.5, 0.6) is 5.75 Å². The lowest BCUT2D eigenvalue weighted by Gasteiger charge is -2.18. The minimum absolute atomic E-state index is 0.213. The SMILES string of the molecule is O=C(Nc1ccccc1Cl)C1=Cc2cc(Cl)ccc2OC1. The van der Waals surface area contributed by atoms with Gasteiger partial charge in [0, 0.05) is 10.6 Å². The van der Waals surface area contributed by atoms with Gasteiger partial charge >= 0.3 is 0 Å². The minimum atomic E-state index is -0.242. The molecule has 0 aromatic heterocycles. The summed E-state index contributed by atoms with van der Waals surface area (Å²) < 4.78 is 5.56. The van der Waals surface area contributed by atoms with Gasteiger partial charge < -0.3 is 10.1 Å². The second-order valence-corrected chi connectivity index (χ2v) is 5.42. The van der Waals surface area contributed by atoms with E-state index in [0.717, 1.165) is 5.56 Å². The first-order valence-electron chi connectivity index (χ1n) is 6.32. The topological polar surface area (TPSA) is 38.3 Å². The Kier molecular flexibility index (Phi) is 3.86. The van der Waals surface area contributed by atoms with E-state index in [1.165, 1.54) is 0 Å². The number of hydrogen-bond acceptors (Lipinski definition) is 2. The van der Waals surface area contributed by atoms with E-state index in [0.29, 0.717) is 27.1 Å². The molecule has 1 aliphatic heterocycles. The van der Waals surface area contributed by atoms with Gasteiger partial charge in [-0.15, -0.1) is 0 Å². The Morgan fingerprint density at radius 1 is 1.14 bits per heavy atom. The van der Waals surface area contributed by atoms with Crippen molar-refractivity contribution >= 4 is 40.9 Å². The average molecular weight is 320 g/mol. The molecule has 3 rings (SSSR count). The zero-order valence-corrected chi connectivity index (χ0v) is 12.4. The number of rotatable bonds is 2. The maximum absolute atomic E-state index is 12.3. The molecule has 106 valence electrons. The van der Waals surface area contributed by atoms with Gasteiger partial charge in [-0.1, -0.05) is 35.3 Å². The summed E-state index contributed by atoms with van der Waals surface area (Å²) in [7, 11) is 0. The van der Waals surface area contributed by atoms with E-state index in [9.17, 15) is 4.79 Å². The lowest BCUT2D eigenvalue weighted by molar-refractivity contribution is -0.113. The van der Waals surface area contributed by atoms with Gasteiger partial charge in [0.05, 0.1) is 16.3 Å². The van der Waals surface area contributed by atoms with Crippen LogP contribution in [0.4, 0.5) is 5.69 Å². The number of nitrogens with one attached hydrogen (secondary N) is 1. The lowest BCUT2D eigenvalue weighted by Crippen LogP contribution is -2.21. The van der Waals surface area contributed by atoms with Crippen molar-refractivity contribution < 1.29 is 9.53 Å². The highest BCUT2D eigenvalue weighted by atomic mass is 35.5. The molecule has 0 atom stereocenters. The van der Waals surface area contributed by atoms with Crippen LogP contribution in [0.15, 0.2) is 48.0 Å². The zero-order valence-electron chi connectivity index (χ0n) is 10.9. The van der Waals surface area contributed by atoms with Crippen molar-refractivity contribution in [2.24, 2.45) is 0 Å². The number of halogens is 2. The summed E-state index contributed by atoms with van der Waals surface area (Å²) in [5.41, 5.74) is 1.88. The fourth-order valence-corrected chi connectivity index (χ4v) is 2.41. The number of amides is 1. The number of benzene rings is 2. The van der Waals surface area contributed by atoms with Crippen molar-refractivity contribution in [2.45, 2.75) is 0 Å². The quantitative estimate of drug-likeness (QED) is 0.890. The Morgan fingerprint density at radius 3 is 2.76 bits per heavy atom. The van der Waals surface area contributed by atoms with Crippen molar-refractivity contribution in [3.8, 4) is 5.75 Å². The molecular formula is C16H11Cl2NO2. The van der Waals surface area contributed by atoms with Gasteiger partial charge in [0.15, 0.2) is 0 Å². The molecule has 0 saturated heterocycles. The van der Waals surface area contributed by atoms with E-state index in [-0.39, 0.29) is 12.5 Å². The van der Waals surface area contributed by atoms with E-state index in [4.69, 9.17) is 27.9 Å². The van der Waals surface area contributed by atoms with Crippen LogP contribution in [-0.2, 0) is 4.79 Å². The van der Waals surface area contributed by atoms with Crippen molar-refractivity contribution in [3.05, 3.63) is 63.6 Å². The number of ether oxygens (including phenoxy) is 1. The van der Waals surface area contributed by atoms with E-state index in [1.807, 2.05) is 6.07 Å². The summed E-state index contributed by atoms with van der Waals surface area (Å²) in [6.45, 7) is 0.213. The molecule has 0 bridgehead atoms. The highest BCUT2D eigenvalue weighted by Gasteiger charge is 2.18. The Bertz CT molecular complexity index is 741. The molecule has 0 unspecified atom stereocenters. The third kappa shape index (κ3) is 3.04. The number of fused-ring (bicyclic) bond motifs is 1. The molecule has 0 spiro atoms. The van der Waals surface area contributed by atoms with Crippen LogP contribution in [0.2, 0.25) is 10.0 Å². The monoisotopic (exact) mass is 319 g/mol. The third-order valence-electron chi connectivity index (χ3n) is 3.10. The Labute approximate surface area is 132 Å². The van der Waals surface area contributed by atoms with Gasteiger partial charge in [-0.3, -0.25) is 4.79 Å². The van der Waals surface area contributed by atoms with Crippen LogP contribution in [0.1, 0.15) is 5.56 Å². The molecule has 1 aliphatic rings. The number of carbonyl (C=O) groups excluding carboxylic acids is 1. The van der Waals surface area contributed by atoms with Crippen LogP contribution in [0.25, 0.3) is 6.08 Å². The molecule has 3 nitrogen and oxygen atoms in total. The fourth-order valence-electron chi connectivity index (χ4n) is 2.04. The summed E-state index contributed by atoms with van der Waals surface area (Å²) in [6, 6.07) is 12.4. The summed E-state index contributed by atoms with van der Waals surface area (Å²) in [6.07, 6.45) is 1.77. The van der Waals surface area contributed by atoms with Gasteiger partial charge in [0.2, 0.25) is 0 Å². The highest BCUT2D eigenvalue weighted by Crippen LogP contribution is 2.29. The van der Waals surface area contributed by atoms with Crippen molar-refractivity contribution in [3.63, 3.8) is 0 Å². The molecule has 2 aromatic carbocycles. The van der Waals surface area contributed by atoms with Crippen LogP contribution >= 0.6 is 23.2 Å². The second kappa shape index (κ2) is 5.80. The largest absolute Gasteiger partial charge is 0.488 e. The predicted octanol–water partition coefficient (Wildman–Crippen LogP) is 4.41. The smallest absolute Gasteiger partial charge is 0.255 e. The lowest BCUT2D eigenvalue weighted by atomic mass is 10.1. The maximum Gasteiger partial charge on any atom is 0.255 e. The first-order valence-corrected chi connectivity index (χ1v) is 7.08. The maximum atomic E-state index is 12.3. The van der Waals surface area contributed by atoms with Crippen molar-refractivity contribution in [1.82, 2.24) is 0 Å². The Morgan fingerprint density at radius 2 is 1.95 bits per heavy atom. The first-order chi connectivity index (χ1) is 10.1. The Hall–Kier alpha value is -1.97. The normalized spacial score (nSPS) is 13.0. The molecule has 1 heterocycles. The van der Waals surface area contributed by atoms with Gasteiger partial charge in [-0.25, -0.2) is 0 Å². The molecular weight excluding hydrogens is 309 g/mol. The van der Waals surface area contributed by atoms with Crippen molar-refractivity contribution in [1.29, 1.82) is 0 Å². The van der Waals surface area contributed by atoms with Crippen LogP contribution in [0.3, 0.4) is 0 Å². The van der Waals surface area contributed by atoms with E-state index in [1.54, 1.807) is 42.5 Å². The molecule has 0 fully saturated rings. The number of anilines is 1. The van der Waals surface area contributed by atoms with Gasteiger partial charge in [0.25, 0.3) is 5.91 Å². The molecule has 2 aromatic rings. The van der Waals surface area contributed by atoms with Crippen LogP contribution in [-0.4, -0.2) is 12.5 Å². The summed E-state index contributed by atoms with van der Waals surface area (Å²) in [4.78, 5) is 12.3. The molecule has 0 saturated carbocycles. The highest BCUT2D eigenvalue weighted by molar-refractivity contribution is 6.34. The molecule has 0 aliphatic carbocycles. The number of carbonyl (C=O) groups is 1. The standard InChI is InChI=1S/C16H11Cl2NO2/c17-12-5-6-15-10(8-12)7-11(9-21-15)16(20)19-14-4-2-1-3-13(14)18/h1-8H,9H2,(H,19,20). The summed E-state index contributed by atoms with van der Waals surface area (Å²) in [5, 5.41) is 3.86. The van der Waals surface area contributed by atoms with Crippen molar-refractivity contribution in [2.75, 3.05) is 11.9 Å². The van der Waals surface area contributed by atoms with E-state index < -0.39 is 0 Å². The molecule has 1 amide bonds. The van der Waals surface area contributed by atoms with Gasteiger partial charge in [0.1, 0.15) is 12.4 Å². The summed E-state index contributed by atoms with van der Waals surface area (Å²) in [5.74, 6) is 0.474. The molecule has 21 heavy (non-hydrogen) atoms. The van der Waals surface area contributed by atoms with E-state index >= 15 is 0 Å².